The number of ether oxygens (including phenoxy) is 1. The molecule has 1 saturated carbocycles. The second-order valence-corrected chi connectivity index (χ2v) is 9.25. The molecule has 3 unspecified atom stereocenters. The highest BCUT2D eigenvalue weighted by Crippen LogP contribution is 2.59. The minimum absolute atomic E-state index is 0.279. The van der Waals surface area contributed by atoms with Gasteiger partial charge in [-0.05, 0) is 48.2 Å². The lowest BCUT2D eigenvalue weighted by Gasteiger charge is -2.27. The van der Waals surface area contributed by atoms with E-state index in [0.717, 1.165) is 30.8 Å². The van der Waals surface area contributed by atoms with Crippen LogP contribution in [0, 0.1) is 12.0 Å². The predicted octanol–water partition coefficient (Wildman–Crippen LogP) is 3.90. The Labute approximate surface area is 184 Å². The highest BCUT2D eigenvalue weighted by molar-refractivity contribution is 5.35. The summed E-state index contributed by atoms with van der Waals surface area (Å²) in [4.78, 5) is 6.75. The van der Waals surface area contributed by atoms with E-state index < -0.39 is 11.1 Å². The summed E-state index contributed by atoms with van der Waals surface area (Å²) in [6.07, 6.45) is 4.47. The van der Waals surface area contributed by atoms with Crippen molar-refractivity contribution >= 4 is 0 Å². The summed E-state index contributed by atoms with van der Waals surface area (Å²) in [5.41, 5.74) is 0.418. The number of aromatic hydroxyl groups is 1. The van der Waals surface area contributed by atoms with E-state index in [-0.39, 0.29) is 11.2 Å². The van der Waals surface area contributed by atoms with Crippen molar-refractivity contribution in [1.82, 2.24) is 4.90 Å². The largest absolute Gasteiger partial charge is 0.508 e. The van der Waals surface area contributed by atoms with Gasteiger partial charge in [-0.2, -0.15) is 0 Å². The van der Waals surface area contributed by atoms with Crippen LogP contribution in [0.2, 0.25) is 0 Å². The van der Waals surface area contributed by atoms with Gasteiger partial charge in [-0.3, -0.25) is 4.90 Å². The summed E-state index contributed by atoms with van der Waals surface area (Å²) in [6.45, 7) is 12.5. The van der Waals surface area contributed by atoms with E-state index in [1.165, 1.54) is 5.56 Å². The molecule has 1 heterocycles. The van der Waals surface area contributed by atoms with Crippen LogP contribution in [0.4, 0.5) is 0 Å². The molecule has 0 radical (unpaired) electrons. The molecule has 162 valence electrons. The second-order valence-electron chi connectivity index (χ2n) is 9.25. The van der Waals surface area contributed by atoms with Crippen LogP contribution in [0.25, 0.3) is 4.85 Å². The number of fused-ring (bicyclic) bond motifs is 1. The Kier molecular flexibility index (Phi) is 5.55. The summed E-state index contributed by atoms with van der Waals surface area (Å²) < 4.78 is 5.34. The molecule has 1 saturated heterocycles. The van der Waals surface area contributed by atoms with Gasteiger partial charge in [0.25, 0.3) is 6.57 Å². The first-order valence-corrected chi connectivity index (χ1v) is 10.8. The van der Waals surface area contributed by atoms with E-state index >= 15 is 0 Å². The Hall–Kier alpha value is -2.81. The predicted molar refractivity (Wildman–Crippen MR) is 123 cm³/mol. The van der Waals surface area contributed by atoms with E-state index in [0.29, 0.717) is 25.8 Å². The van der Waals surface area contributed by atoms with Crippen LogP contribution in [0.3, 0.4) is 0 Å². The summed E-state index contributed by atoms with van der Waals surface area (Å²) in [7, 11) is 1.65. The molecule has 0 spiro atoms. The lowest BCUT2D eigenvalue weighted by Crippen LogP contribution is -2.38. The molecule has 1 aliphatic heterocycles. The molecule has 0 amide bonds. The van der Waals surface area contributed by atoms with Crippen molar-refractivity contribution in [1.29, 1.82) is 0 Å². The maximum absolute atomic E-state index is 11.6. The highest BCUT2D eigenvalue weighted by Gasteiger charge is 2.73. The fourth-order valence-corrected chi connectivity index (χ4v) is 5.71. The van der Waals surface area contributed by atoms with E-state index in [4.69, 9.17) is 11.3 Å². The monoisotopic (exact) mass is 419 g/mol. The minimum atomic E-state index is -0.896. The standard InChI is InChI=1S/C26H30N2O3/c1-4-24-16-25(30,15-21-6-5-7-23(14-21)31-3)17-26(24,27-2)19-28(18-24)13-12-20-8-10-22(29)11-9-20/h2,4-11,14,30H,1,12-13,15-19H2,3H3/p+1. The van der Waals surface area contributed by atoms with Gasteiger partial charge in [-0.1, -0.05) is 35.2 Å². The van der Waals surface area contributed by atoms with Crippen molar-refractivity contribution in [3.05, 3.63) is 77.2 Å². The van der Waals surface area contributed by atoms with E-state index in [1.807, 2.05) is 42.5 Å². The summed E-state index contributed by atoms with van der Waals surface area (Å²) in [6, 6.07) is 15.2. The van der Waals surface area contributed by atoms with Crippen molar-refractivity contribution in [2.24, 2.45) is 5.41 Å². The van der Waals surface area contributed by atoms with Crippen molar-refractivity contribution < 1.29 is 14.9 Å². The van der Waals surface area contributed by atoms with Crippen LogP contribution in [0.5, 0.6) is 11.5 Å². The number of rotatable bonds is 7. The Balaban J connectivity index is 1.50. The normalized spacial score (nSPS) is 30.0. The number of likely N-dealkylation sites (tertiary alicyclic amines) is 1. The number of nitrogens with zero attached hydrogens (tertiary/aromatic N) is 2. The molecule has 3 atom stereocenters. The molecule has 2 fully saturated rings. The van der Waals surface area contributed by atoms with Gasteiger partial charge < -0.3 is 14.9 Å². The van der Waals surface area contributed by atoms with Gasteiger partial charge in [0.05, 0.1) is 31.1 Å². The molecule has 1 aliphatic carbocycles. The number of hydrogen-bond acceptors (Lipinski definition) is 4. The van der Waals surface area contributed by atoms with Gasteiger partial charge in [0.1, 0.15) is 11.5 Å². The second kappa shape index (κ2) is 8.03. The van der Waals surface area contributed by atoms with Crippen LogP contribution < -0.4 is 4.74 Å². The Morgan fingerprint density at radius 1 is 1.16 bits per heavy atom. The molecule has 0 bridgehead atoms. The number of benzene rings is 2. The zero-order valence-electron chi connectivity index (χ0n) is 18.1. The third kappa shape index (κ3) is 3.94. The zero-order valence-corrected chi connectivity index (χ0v) is 18.1. The van der Waals surface area contributed by atoms with Crippen molar-refractivity contribution in [2.75, 3.05) is 26.7 Å². The van der Waals surface area contributed by atoms with Crippen LogP contribution >= 0.6 is 0 Å². The summed E-state index contributed by atoms with van der Waals surface area (Å²) >= 11 is 0. The van der Waals surface area contributed by atoms with E-state index in [1.54, 1.807) is 19.2 Å². The smallest absolute Gasteiger partial charge is 0.306 e. The third-order valence-corrected chi connectivity index (χ3v) is 7.14. The molecular weight excluding hydrogens is 388 g/mol. The number of methoxy groups -OCH3 is 1. The first kappa shape index (κ1) is 21.4. The zero-order chi connectivity index (χ0) is 22.1. The average Bonchev–Trinajstić information content (AvgIpc) is 3.18. The molecule has 2 aliphatic rings. The fraction of sp³-hybridized carbons (Fsp3) is 0.423. The van der Waals surface area contributed by atoms with Crippen LogP contribution in [-0.4, -0.2) is 53.0 Å². The SMILES string of the molecule is C#[N+]C12CN(CCc3ccc(O)cc3)CC1(C=C)CC(O)(Cc1cccc(OC)c1)C2. The topological polar surface area (TPSA) is 57.3 Å². The Morgan fingerprint density at radius 2 is 1.94 bits per heavy atom. The Morgan fingerprint density at radius 3 is 2.58 bits per heavy atom. The maximum atomic E-state index is 11.6. The molecule has 0 aromatic heterocycles. The highest BCUT2D eigenvalue weighted by atomic mass is 16.5. The minimum Gasteiger partial charge on any atom is -0.508 e. The van der Waals surface area contributed by atoms with Gasteiger partial charge in [0.15, 0.2) is 0 Å². The van der Waals surface area contributed by atoms with Gasteiger partial charge in [0, 0.05) is 19.5 Å². The molecule has 31 heavy (non-hydrogen) atoms. The molecule has 2 aromatic rings. The van der Waals surface area contributed by atoms with Gasteiger partial charge in [-0.25, -0.2) is 0 Å². The van der Waals surface area contributed by atoms with Gasteiger partial charge in [-0.15, -0.1) is 6.58 Å². The fourth-order valence-electron chi connectivity index (χ4n) is 5.71. The maximum Gasteiger partial charge on any atom is 0.306 e. The first-order chi connectivity index (χ1) is 14.8. The molecule has 5 nitrogen and oxygen atoms in total. The summed E-state index contributed by atoms with van der Waals surface area (Å²) in [5, 5.41) is 21.1. The number of phenols is 1. The van der Waals surface area contributed by atoms with Crippen LogP contribution in [0.1, 0.15) is 24.0 Å². The van der Waals surface area contributed by atoms with E-state index in [2.05, 4.69) is 16.3 Å². The molecular formula is C26H31N2O3+. The van der Waals surface area contributed by atoms with Crippen molar-refractivity contribution in [2.45, 2.75) is 36.8 Å². The van der Waals surface area contributed by atoms with Crippen LogP contribution in [0.15, 0.2) is 61.2 Å². The van der Waals surface area contributed by atoms with Crippen LogP contribution in [-0.2, 0) is 12.8 Å². The molecule has 5 heteroatoms. The lowest BCUT2D eigenvalue weighted by atomic mass is 9.75. The van der Waals surface area contributed by atoms with Crippen molar-refractivity contribution in [3.8, 4) is 18.1 Å². The quantitative estimate of drug-likeness (QED) is 0.669. The number of aliphatic hydroxyl groups is 1. The lowest BCUT2D eigenvalue weighted by molar-refractivity contribution is 0.0313. The first-order valence-electron chi connectivity index (χ1n) is 10.8. The van der Waals surface area contributed by atoms with Gasteiger partial charge in [0.2, 0.25) is 0 Å². The molecule has 2 N–H and O–H groups in total. The molecule has 4 rings (SSSR count). The number of phenolic OH excluding ortho intramolecular Hbond substituents is 1. The Bertz CT molecular complexity index is 998. The average molecular weight is 420 g/mol. The summed E-state index contributed by atoms with van der Waals surface area (Å²) in [5.74, 6) is 1.07. The van der Waals surface area contributed by atoms with E-state index in [9.17, 15) is 10.2 Å². The number of hydrogen-bond donors (Lipinski definition) is 2. The molecule has 2 aromatic carbocycles. The van der Waals surface area contributed by atoms with Gasteiger partial charge >= 0.3 is 5.54 Å². The van der Waals surface area contributed by atoms with Crippen molar-refractivity contribution in [3.63, 3.8) is 0 Å². The third-order valence-electron chi connectivity index (χ3n) is 7.14.